The van der Waals surface area contributed by atoms with Gasteiger partial charge in [-0.2, -0.15) is 5.10 Å². The molecular weight excluding hydrogens is 244 g/mol. The van der Waals surface area contributed by atoms with Crippen LogP contribution >= 0.6 is 0 Å². The molecule has 1 aromatic rings. The van der Waals surface area contributed by atoms with E-state index >= 15 is 0 Å². The molecule has 0 bridgehead atoms. The predicted molar refractivity (Wildman–Crippen MR) is 72.4 cm³/mol. The van der Waals surface area contributed by atoms with Crippen LogP contribution in [0.3, 0.4) is 0 Å². The molecule has 1 aliphatic rings. The summed E-state index contributed by atoms with van der Waals surface area (Å²) in [5.41, 5.74) is 6.48. The maximum Gasteiger partial charge on any atom is 0.231 e. The van der Waals surface area contributed by atoms with Gasteiger partial charge in [0.15, 0.2) is 5.82 Å². The fraction of sp³-hybridized carbons (Fsp3) is 0.692. The first-order valence-corrected chi connectivity index (χ1v) is 6.63. The van der Waals surface area contributed by atoms with Crippen LogP contribution < -0.4 is 11.1 Å². The zero-order chi connectivity index (χ0) is 14.2. The second-order valence-electron chi connectivity index (χ2n) is 5.30. The highest BCUT2D eigenvalue weighted by Crippen LogP contribution is 2.33. The minimum absolute atomic E-state index is 0.0437. The molecule has 106 valence electrons. The SMILES string of the molecule is CC1OC(C)C(C(=O)Nc2nn(C)cc2CN)C1C. The highest BCUT2D eigenvalue weighted by molar-refractivity contribution is 5.93. The van der Waals surface area contributed by atoms with Crippen LogP contribution in [0.1, 0.15) is 26.3 Å². The van der Waals surface area contributed by atoms with Crippen LogP contribution in [-0.2, 0) is 23.1 Å². The van der Waals surface area contributed by atoms with E-state index in [2.05, 4.69) is 10.4 Å². The van der Waals surface area contributed by atoms with E-state index in [1.807, 2.05) is 27.0 Å². The third-order valence-corrected chi connectivity index (χ3v) is 3.91. The number of hydrogen-bond acceptors (Lipinski definition) is 4. The number of nitrogens with two attached hydrogens (primary N) is 1. The maximum absolute atomic E-state index is 12.4. The molecular formula is C13H22N4O2. The largest absolute Gasteiger partial charge is 0.374 e. The van der Waals surface area contributed by atoms with Crippen molar-refractivity contribution >= 4 is 11.7 Å². The van der Waals surface area contributed by atoms with Crippen molar-refractivity contribution in [3.63, 3.8) is 0 Å². The molecule has 19 heavy (non-hydrogen) atoms. The Labute approximate surface area is 113 Å². The van der Waals surface area contributed by atoms with Gasteiger partial charge in [0, 0.05) is 25.4 Å². The molecule has 0 aromatic carbocycles. The second-order valence-corrected chi connectivity index (χ2v) is 5.30. The van der Waals surface area contributed by atoms with Gasteiger partial charge in [-0.05, 0) is 19.8 Å². The first kappa shape index (κ1) is 14.0. The number of carbonyl (C=O) groups excluding carboxylic acids is 1. The van der Waals surface area contributed by atoms with Crippen LogP contribution in [0.4, 0.5) is 5.82 Å². The zero-order valence-corrected chi connectivity index (χ0v) is 11.9. The molecule has 4 atom stereocenters. The Morgan fingerprint density at radius 2 is 2.16 bits per heavy atom. The minimum atomic E-state index is -0.150. The molecule has 3 N–H and O–H groups in total. The zero-order valence-electron chi connectivity index (χ0n) is 11.9. The Balaban J connectivity index is 2.12. The fourth-order valence-corrected chi connectivity index (χ4v) is 2.71. The molecule has 1 aromatic heterocycles. The maximum atomic E-state index is 12.4. The number of ether oxygens (including phenoxy) is 1. The number of aromatic nitrogens is 2. The van der Waals surface area contributed by atoms with Crippen LogP contribution in [0.5, 0.6) is 0 Å². The van der Waals surface area contributed by atoms with Crippen molar-refractivity contribution in [2.75, 3.05) is 5.32 Å². The number of aryl methyl sites for hydroxylation is 1. The van der Waals surface area contributed by atoms with Crippen molar-refractivity contribution in [1.82, 2.24) is 9.78 Å². The van der Waals surface area contributed by atoms with E-state index < -0.39 is 0 Å². The predicted octanol–water partition coefficient (Wildman–Crippen LogP) is 0.877. The highest BCUT2D eigenvalue weighted by atomic mass is 16.5. The van der Waals surface area contributed by atoms with E-state index in [1.165, 1.54) is 0 Å². The lowest BCUT2D eigenvalue weighted by Gasteiger charge is -2.17. The molecule has 1 amide bonds. The summed E-state index contributed by atoms with van der Waals surface area (Å²) in [4.78, 5) is 12.4. The molecule has 6 heteroatoms. The molecule has 0 aliphatic carbocycles. The van der Waals surface area contributed by atoms with Gasteiger partial charge in [-0.15, -0.1) is 0 Å². The summed E-state index contributed by atoms with van der Waals surface area (Å²) in [7, 11) is 1.81. The molecule has 0 radical (unpaired) electrons. The summed E-state index contributed by atoms with van der Waals surface area (Å²) in [5, 5.41) is 7.10. The number of nitrogens with one attached hydrogen (secondary N) is 1. The first-order chi connectivity index (χ1) is 8.93. The van der Waals surface area contributed by atoms with Gasteiger partial charge >= 0.3 is 0 Å². The van der Waals surface area contributed by atoms with Crippen molar-refractivity contribution in [2.45, 2.75) is 39.5 Å². The van der Waals surface area contributed by atoms with Gasteiger partial charge in [-0.1, -0.05) is 6.92 Å². The van der Waals surface area contributed by atoms with Gasteiger partial charge in [-0.3, -0.25) is 9.48 Å². The molecule has 1 aliphatic heterocycles. The topological polar surface area (TPSA) is 82.2 Å². The van der Waals surface area contributed by atoms with E-state index in [9.17, 15) is 4.79 Å². The second kappa shape index (κ2) is 5.30. The summed E-state index contributed by atoms with van der Waals surface area (Å²) in [6.45, 7) is 6.33. The number of hydrogen-bond donors (Lipinski definition) is 2. The third-order valence-electron chi connectivity index (χ3n) is 3.91. The fourth-order valence-electron chi connectivity index (χ4n) is 2.71. The lowest BCUT2D eigenvalue weighted by atomic mass is 9.89. The van der Waals surface area contributed by atoms with E-state index in [4.69, 9.17) is 10.5 Å². The average Bonchev–Trinajstić information content (AvgIpc) is 2.80. The standard InChI is InChI=1S/C13H22N4O2/c1-7-8(2)19-9(3)11(7)13(18)15-12-10(5-14)6-17(4)16-12/h6-9,11H,5,14H2,1-4H3,(H,15,16,18). The van der Waals surface area contributed by atoms with Crippen molar-refractivity contribution < 1.29 is 9.53 Å². The number of nitrogens with zero attached hydrogens (tertiary/aromatic N) is 2. The summed E-state index contributed by atoms with van der Waals surface area (Å²) in [6, 6.07) is 0. The van der Waals surface area contributed by atoms with Gasteiger partial charge in [0.25, 0.3) is 0 Å². The molecule has 2 rings (SSSR count). The van der Waals surface area contributed by atoms with Gasteiger partial charge in [-0.25, -0.2) is 0 Å². The number of amides is 1. The highest BCUT2D eigenvalue weighted by Gasteiger charge is 2.41. The molecule has 1 fully saturated rings. The van der Waals surface area contributed by atoms with Crippen molar-refractivity contribution in [2.24, 2.45) is 24.6 Å². The van der Waals surface area contributed by atoms with Gasteiger partial charge in [0.05, 0.1) is 18.1 Å². The Hall–Kier alpha value is -1.40. The number of carbonyl (C=O) groups is 1. The summed E-state index contributed by atoms with van der Waals surface area (Å²) >= 11 is 0. The molecule has 6 nitrogen and oxygen atoms in total. The lowest BCUT2D eigenvalue weighted by Crippen LogP contribution is -2.32. The van der Waals surface area contributed by atoms with E-state index in [1.54, 1.807) is 11.7 Å². The molecule has 2 heterocycles. The summed E-state index contributed by atoms with van der Waals surface area (Å²) < 4.78 is 7.35. The van der Waals surface area contributed by atoms with E-state index in [0.717, 1.165) is 5.56 Å². The van der Waals surface area contributed by atoms with Crippen LogP contribution in [0.25, 0.3) is 0 Å². The normalized spacial score (nSPS) is 30.6. The molecule has 1 saturated heterocycles. The Kier molecular flexibility index (Phi) is 3.91. The van der Waals surface area contributed by atoms with Crippen LogP contribution in [0.15, 0.2) is 6.20 Å². The quantitative estimate of drug-likeness (QED) is 0.850. The van der Waals surface area contributed by atoms with E-state index in [0.29, 0.717) is 12.4 Å². The Morgan fingerprint density at radius 3 is 2.68 bits per heavy atom. The summed E-state index contributed by atoms with van der Waals surface area (Å²) in [5.74, 6) is 0.550. The van der Waals surface area contributed by atoms with Gasteiger partial charge in [0.1, 0.15) is 0 Å². The smallest absolute Gasteiger partial charge is 0.231 e. The average molecular weight is 266 g/mol. The summed E-state index contributed by atoms with van der Waals surface area (Å²) in [6.07, 6.45) is 1.84. The Morgan fingerprint density at radius 1 is 1.47 bits per heavy atom. The Bertz CT molecular complexity index is 471. The third kappa shape index (κ3) is 2.64. The lowest BCUT2D eigenvalue weighted by molar-refractivity contribution is -0.122. The van der Waals surface area contributed by atoms with Gasteiger partial charge in [0.2, 0.25) is 5.91 Å². The number of rotatable bonds is 3. The van der Waals surface area contributed by atoms with Crippen LogP contribution in [0, 0.1) is 11.8 Å². The first-order valence-electron chi connectivity index (χ1n) is 6.63. The molecule has 0 spiro atoms. The van der Waals surface area contributed by atoms with E-state index in [-0.39, 0.29) is 30.0 Å². The van der Waals surface area contributed by atoms with Crippen molar-refractivity contribution in [3.8, 4) is 0 Å². The van der Waals surface area contributed by atoms with Crippen LogP contribution in [0.2, 0.25) is 0 Å². The molecule has 4 unspecified atom stereocenters. The van der Waals surface area contributed by atoms with Crippen molar-refractivity contribution in [1.29, 1.82) is 0 Å². The van der Waals surface area contributed by atoms with Gasteiger partial charge < -0.3 is 15.8 Å². The van der Waals surface area contributed by atoms with Crippen molar-refractivity contribution in [3.05, 3.63) is 11.8 Å². The molecule has 0 saturated carbocycles. The monoisotopic (exact) mass is 266 g/mol. The van der Waals surface area contributed by atoms with Crippen LogP contribution in [-0.4, -0.2) is 27.9 Å². The number of anilines is 1. The minimum Gasteiger partial charge on any atom is -0.374 e.